The van der Waals surface area contributed by atoms with Crippen molar-refractivity contribution in [2.24, 2.45) is 5.73 Å². The second kappa shape index (κ2) is 6.82. The fourth-order valence-electron chi connectivity index (χ4n) is 2.58. The molecule has 22 heavy (non-hydrogen) atoms. The number of rotatable bonds is 6. The predicted molar refractivity (Wildman–Crippen MR) is 78.0 cm³/mol. The van der Waals surface area contributed by atoms with Gasteiger partial charge in [0.2, 0.25) is 0 Å². The molecule has 1 fully saturated rings. The molecule has 1 aromatic carbocycles. The van der Waals surface area contributed by atoms with E-state index >= 15 is 0 Å². The van der Waals surface area contributed by atoms with E-state index < -0.39 is 22.5 Å². The Hall–Kier alpha value is -2.03. The molecule has 0 amide bonds. The quantitative estimate of drug-likeness (QED) is 0.435. The number of nitrogens with two attached hydrogens (primary N) is 1. The Labute approximate surface area is 127 Å². The lowest BCUT2D eigenvalue weighted by Gasteiger charge is -2.33. The number of carboxylic acids is 1. The first kappa shape index (κ1) is 16.3. The van der Waals surface area contributed by atoms with E-state index in [1.807, 2.05) is 4.90 Å². The highest BCUT2D eigenvalue weighted by molar-refractivity contribution is 5.78. The molecule has 2 atom stereocenters. The summed E-state index contributed by atoms with van der Waals surface area (Å²) in [5, 5.41) is 20.7. The molecule has 0 aliphatic carbocycles. The van der Waals surface area contributed by atoms with E-state index in [2.05, 4.69) is 0 Å². The van der Waals surface area contributed by atoms with Gasteiger partial charge < -0.3 is 9.84 Å². The number of hydrogen-bond acceptors (Lipinski definition) is 6. The van der Waals surface area contributed by atoms with Crippen molar-refractivity contribution >= 4 is 5.97 Å². The fourth-order valence-corrected chi connectivity index (χ4v) is 2.58. The lowest BCUT2D eigenvalue weighted by atomic mass is 9.86. The van der Waals surface area contributed by atoms with Gasteiger partial charge in [-0.15, -0.1) is 0 Å². The van der Waals surface area contributed by atoms with E-state index in [1.54, 1.807) is 30.3 Å². The van der Waals surface area contributed by atoms with Crippen LogP contribution in [-0.4, -0.2) is 59.4 Å². The minimum Gasteiger partial charge on any atom is -0.475 e. The molecule has 0 saturated carbocycles. The van der Waals surface area contributed by atoms with Crippen molar-refractivity contribution in [1.29, 1.82) is 0 Å². The summed E-state index contributed by atoms with van der Waals surface area (Å²) in [6, 6.07) is 8.52. The lowest BCUT2D eigenvalue weighted by molar-refractivity contribution is -0.559. The third-order valence-corrected chi connectivity index (χ3v) is 3.92. The molecule has 120 valence electrons. The molecular formula is C14H19N3O5. The third-order valence-electron chi connectivity index (χ3n) is 3.92. The van der Waals surface area contributed by atoms with Gasteiger partial charge in [0.05, 0.1) is 24.1 Å². The Morgan fingerprint density at radius 1 is 1.41 bits per heavy atom. The molecule has 1 aliphatic rings. The largest absolute Gasteiger partial charge is 0.475 e. The molecule has 8 nitrogen and oxygen atoms in total. The fraction of sp³-hybridized carbons (Fsp3) is 0.500. The van der Waals surface area contributed by atoms with Gasteiger partial charge in [-0.05, 0) is 5.56 Å². The summed E-state index contributed by atoms with van der Waals surface area (Å²) in [7, 11) is 0. The van der Waals surface area contributed by atoms with Crippen molar-refractivity contribution < 1.29 is 19.6 Å². The number of carbonyl (C=O) groups is 1. The monoisotopic (exact) mass is 309 g/mol. The number of aliphatic carboxylic acids is 1. The van der Waals surface area contributed by atoms with Crippen LogP contribution in [0, 0.1) is 10.1 Å². The van der Waals surface area contributed by atoms with Crippen LogP contribution in [0.15, 0.2) is 30.3 Å². The van der Waals surface area contributed by atoms with Crippen LogP contribution in [0.5, 0.6) is 0 Å². The highest BCUT2D eigenvalue weighted by Gasteiger charge is 2.55. The van der Waals surface area contributed by atoms with E-state index in [9.17, 15) is 20.0 Å². The average Bonchev–Trinajstić information content (AvgIpc) is 2.53. The summed E-state index contributed by atoms with van der Waals surface area (Å²) in [5.74, 6) is -2.60. The molecule has 1 aromatic rings. The molecule has 0 aromatic heterocycles. The molecule has 2 rings (SSSR count). The normalized spacial score (nSPS) is 20.0. The summed E-state index contributed by atoms with van der Waals surface area (Å²) in [5.41, 5.74) is 3.69. The first-order valence-electron chi connectivity index (χ1n) is 6.98. The molecule has 8 heteroatoms. The highest BCUT2D eigenvalue weighted by Crippen LogP contribution is 2.29. The van der Waals surface area contributed by atoms with Gasteiger partial charge in [0.15, 0.2) is 0 Å². The third kappa shape index (κ3) is 3.24. The number of benzene rings is 1. The maximum atomic E-state index is 11.5. The molecule has 1 heterocycles. The second-order valence-corrected chi connectivity index (χ2v) is 5.26. The maximum absolute atomic E-state index is 11.5. The highest BCUT2D eigenvalue weighted by atomic mass is 16.6. The van der Waals surface area contributed by atoms with Gasteiger partial charge in [-0.1, -0.05) is 30.3 Å². The van der Waals surface area contributed by atoms with Crippen LogP contribution in [0.1, 0.15) is 11.5 Å². The average molecular weight is 309 g/mol. The van der Waals surface area contributed by atoms with Crippen molar-refractivity contribution in [1.82, 2.24) is 4.90 Å². The summed E-state index contributed by atoms with van der Waals surface area (Å²) in [4.78, 5) is 23.9. The molecule has 0 radical (unpaired) electrons. The number of nitro groups is 1. The molecule has 0 spiro atoms. The first-order valence-corrected chi connectivity index (χ1v) is 6.98. The topological polar surface area (TPSA) is 119 Å². The van der Waals surface area contributed by atoms with Crippen LogP contribution in [0.25, 0.3) is 0 Å². The van der Waals surface area contributed by atoms with Crippen molar-refractivity contribution in [2.75, 3.05) is 32.8 Å². The number of nitrogens with zero attached hydrogens (tertiary/aromatic N) is 2. The van der Waals surface area contributed by atoms with Crippen LogP contribution >= 0.6 is 0 Å². The van der Waals surface area contributed by atoms with Crippen molar-refractivity contribution in [3.05, 3.63) is 46.0 Å². The number of carboxylic acid groups (broad SMARTS) is 1. The standard InChI is InChI=1S/C14H19N3O5/c15-14(13(18)19,17(20)21)12(11-4-2-1-3-5-11)10-16-6-8-22-9-7-16/h1-5,12H,6-10,15H2,(H,18,19)/t12?,14-/m1/s1. The van der Waals surface area contributed by atoms with E-state index in [4.69, 9.17) is 10.5 Å². The molecule has 1 aliphatic heterocycles. The van der Waals surface area contributed by atoms with Crippen LogP contribution in [0.2, 0.25) is 0 Å². The molecule has 3 N–H and O–H groups in total. The van der Waals surface area contributed by atoms with Crippen LogP contribution in [-0.2, 0) is 9.53 Å². The van der Waals surface area contributed by atoms with Crippen LogP contribution in [0.4, 0.5) is 0 Å². The Morgan fingerprint density at radius 2 is 2.00 bits per heavy atom. The Kier molecular flexibility index (Phi) is 5.07. The minimum absolute atomic E-state index is 0.192. The number of morpholine rings is 1. The predicted octanol–water partition coefficient (Wildman–Crippen LogP) is 0.119. The van der Waals surface area contributed by atoms with Gasteiger partial charge in [0.1, 0.15) is 0 Å². The smallest absolute Gasteiger partial charge is 0.399 e. The van der Waals surface area contributed by atoms with E-state index in [-0.39, 0.29) is 6.54 Å². The molecular weight excluding hydrogens is 290 g/mol. The second-order valence-electron chi connectivity index (χ2n) is 5.26. The van der Waals surface area contributed by atoms with Crippen molar-refractivity contribution in [3.8, 4) is 0 Å². The zero-order valence-electron chi connectivity index (χ0n) is 12.1. The minimum atomic E-state index is -2.57. The zero-order valence-corrected chi connectivity index (χ0v) is 12.1. The van der Waals surface area contributed by atoms with E-state index in [1.165, 1.54) is 0 Å². The summed E-state index contributed by atoms with van der Waals surface area (Å²) >= 11 is 0. The molecule has 1 unspecified atom stereocenters. The summed E-state index contributed by atoms with van der Waals surface area (Å²) in [6.07, 6.45) is 0. The van der Waals surface area contributed by atoms with Crippen molar-refractivity contribution in [2.45, 2.75) is 11.6 Å². The molecule has 1 saturated heterocycles. The van der Waals surface area contributed by atoms with E-state index in [0.29, 0.717) is 31.9 Å². The van der Waals surface area contributed by atoms with Crippen molar-refractivity contribution in [3.63, 3.8) is 0 Å². The lowest BCUT2D eigenvalue weighted by Crippen LogP contribution is -2.61. The SMILES string of the molecule is N[C@](C(=O)O)(C(CN1CCOCC1)c1ccccc1)[N+](=O)[O-]. The number of hydrogen-bond donors (Lipinski definition) is 2. The van der Waals surface area contributed by atoms with Gasteiger partial charge in [-0.25, -0.2) is 4.79 Å². The van der Waals surface area contributed by atoms with Gasteiger partial charge >= 0.3 is 11.6 Å². The van der Waals surface area contributed by atoms with Gasteiger partial charge in [-0.3, -0.25) is 20.7 Å². The van der Waals surface area contributed by atoms with Crippen LogP contribution in [0.3, 0.4) is 0 Å². The first-order chi connectivity index (χ1) is 10.5. The molecule has 0 bridgehead atoms. The summed E-state index contributed by atoms with van der Waals surface area (Å²) in [6.45, 7) is 2.42. The van der Waals surface area contributed by atoms with Gasteiger partial charge in [0.25, 0.3) is 0 Å². The maximum Gasteiger partial charge on any atom is 0.399 e. The van der Waals surface area contributed by atoms with Crippen LogP contribution < -0.4 is 5.73 Å². The zero-order chi connectivity index (χ0) is 16.2. The van der Waals surface area contributed by atoms with E-state index in [0.717, 1.165) is 0 Å². The Bertz CT molecular complexity index is 517. The number of ether oxygens (including phenoxy) is 1. The van der Waals surface area contributed by atoms with Gasteiger partial charge in [0, 0.05) is 19.6 Å². The van der Waals surface area contributed by atoms with Gasteiger partial charge in [-0.2, -0.15) is 0 Å². The Balaban J connectivity index is 2.36. The summed E-state index contributed by atoms with van der Waals surface area (Å²) < 4.78 is 5.24. The Morgan fingerprint density at radius 3 is 2.50 bits per heavy atom.